The summed E-state index contributed by atoms with van der Waals surface area (Å²) in [5, 5.41) is 9.60. The molecule has 0 radical (unpaired) electrons. The molecule has 1 aliphatic heterocycles. The molecule has 0 amide bonds. The number of allylic oxidation sites excluding steroid dienone is 2. The lowest BCUT2D eigenvalue weighted by atomic mass is 9.90. The van der Waals surface area contributed by atoms with Crippen LogP contribution in [0.25, 0.3) is 87.7 Å². The Labute approximate surface area is 350 Å². The molecule has 0 bridgehead atoms. The highest BCUT2D eigenvalue weighted by Crippen LogP contribution is 2.50. The van der Waals surface area contributed by atoms with E-state index in [1.165, 1.54) is 26.9 Å². The molecule has 2 aromatic heterocycles. The van der Waals surface area contributed by atoms with Gasteiger partial charge in [-0.1, -0.05) is 140 Å². The zero-order chi connectivity index (χ0) is 39.3. The van der Waals surface area contributed by atoms with Crippen LogP contribution in [0.3, 0.4) is 0 Å². The number of thioether (sulfide) groups is 1. The van der Waals surface area contributed by atoms with Gasteiger partial charge in [0.15, 0.2) is 0 Å². The SMILES string of the molecule is C1=CC2Sc3ccccc3C2C=C1N(c1ccc(-c2cccc3oc4c5ccccc5ccc4c23)cc1)c1ccc(-c2cccc3oc4c5ccccc5ccc4c23)cc1. The Morgan fingerprint density at radius 2 is 0.983 bits per heavy atom. The molecule has 3 heterocycles. The average molecular weight is 786 g/mol. The zero-order valence-electron chi connectivity index (χ0n) is 32.4. The van der Waals surface area contributed by atoms with Gasteiger partial charge in [-0.05, 0) is 99.3 Å². The van der Waals surface area contributed by atoms with Crippen LogP contribution in [0.5, 0.6) is 0 Å². The molecule has 13 rings (SSSR count). The Morgan fingerprint density at radius 1 is 0.450 bits per heavy atom. The number of hydrogen-bond acceptors (Lipinski definition) is 4. The maximum Gasteiger partial charge on any atom is 0.143 e. The van der Waals surface area contributed by atoms with Crippen molar-refractivity contribution >= 4 is 88.6 Å². The summed E-state index contributed by atoms with van der Waals surface area (Å²) in [5.41, 5.74) is 13.1. The lowest BCUT2D eigenvalue weighted by molar-refractivity contribution is 0.672. The van der Waals surface area contributed by atoms with Gasteiger partial charge < -0.3 is 13.7 Å². The molecular formula is C56H35NO2S. The molecule has 0 fully saturated rings. The molecule has 2 unspecified atom stereocenters. The first kappa shape index (κ1) is 33.7. The first-order chi connectivity index (χ1) is 29.7. The number of anilines is 2. The minimum atomic E-state index is 0.304. The van der Waals surface area contributed by atoms with E-state index in [0.29, 0.717) is 11.2 Å². The third kappa shape index (κ3) is 5.11. The minimum absolute atomic E-state index is 0.304. The predicted molar refractivity (Wildman–Crippen MR) is 252 cm³/mol. The van der Waals surface area contributed by atoms with E-state index in [1.807, 2.05) is 11.8 Å². The second kappa shape index (κ2) is 13.1. The number of hydrogen-bond donors (Lipinski definition) is 0. The van der Waals surface area contributed by atoms with Gasteiger partial charge in [0.25, 0.3) is 0 Å². The van der Waals surface area contributed by atoms with E-state index >= 15 is 0 Å². The highest BCUT2D eigenvalue weighted by molar-refractivity contribution is 8.00. The minimum Gasteiger partial charge on any atom is -0.455 e. The Bertz CT molecular complexity index is 3390. The molecule has 0 saturated heterocycles. The first-order valence-corrected chi connectivity index (χ1v) is 21.4. The van der Waals surface area contributed by atoms with Crippen molar-refractivity contribution in [3.63, 3.8) is 0 Å². The van der Waals surface area contributed by atoms with Crippen molar-refractivity contribution in [3.8, 4) is 22.3 Å². The van der Waals surface area contributed by atoms with Crippen LogP contribution in [-0.4, -0.2) is 5.25 Å². The van der Waals surface area contributed by atoms with Crippen LogP contribution in [-0.2, 0) is 0 Å². The largest absolute Gasteiger partial charge is 0.455 e. The molecule has 1 aliphatic carbocycles. The van der Waals surface area contributed by atoms with Gasteiger partial charge in [-0.25, -0.2) is 0 Å². The molecule has 2 aliphatic rings. The molecule has 60 heavy (non-hydrogen) atoms. The summed E-state index contributed by atoms with van der Waals surface area (Å²) in [5.74, 6) is 0.304. The monoisotopic (exact) mass is 785 g/mol. The smallest absolute Gasteiger partial charge is 0.143 e. The van der Waals surface area contributed by atoms with Gasteiger partial charge in [-0.3, -0.25) is 0 Å². The molecule has 4 heteroatoms. The van der Waals surface area contributed by atoms with Crippen molar-refractivity contribution in [2.75, 3.05) is 4.90 Å². The van der Waals surface area contributed by atoms with Gasteiger partial charge in [0, 0.05) is 65.5 Å². The van der Waals surface area contributed by atoms with Gasteiger partial charge in [0.2, 0.25) is 0 Å². The summed E-state index contributed by atoms with van der Waals surface area (Å²) in [7, 11) is 0. The van der Waals surface area contributed by atoms with Crippen molar-refractivity contribution < 1.29 is 8.83 Å². The molecule has 282 valence electrons. The molecule has 3 nitrogen and oxygen atoms in total. The highest BCUT2D eigenvalue weighted by Gasteiger charge is 2.33. The molecule has 9 aromatic carbocycles. The standard InChI is InChI=1S/C56H35NO2S/c1-3-11-43-34(9-1)23-30-46-53-41(14-7-16-49(53)58-55(43)46)36-19-25-38(26-20-36)57(40-29-32-52-48(33-40)45-13-5-6-18-51(45)60-52)39-27-21-37(22-28-39)42-15-8-17-50-54(42)47-31-24-35-10-2-4-12-44(35)56(47)59-50/h1-33,48,52H. The fraction of sp³-hybridized carbons (Fsp3) is 0.0357. The van der Waals surface area contributed by atoms with Crippen molar-refractivity contribution in [2.24, 2.45) is 0 Å². The van der Waals surface area contributed by atoms with E-state index in [0.717, 1.165) is 88.3 Å². The van der Waals surface area contributed by atoms with E-state index < -0.39 is 0 Å². The fourth-order valence-corrected chi connectivity index (χ4v) is 11.1. The summed E-state index contributed by atoms with van der Waals surface area (Å²) in [6.07, 6.45) is 7.17. The maximum atomic E-state index is 6.55. The molecule has 11 aromatic rings. The summed E-state index contributed by atoms with van der Waals surface area (Å²) < 4.78 is 13.1. The van der Waals surface area contributed by atoms with E-state index in [-0.39, 0.29) is 0 Å². The van der Waals surface area contributed by atoms with Gasteiger partial charge >= 0.3 is 0 Å². The van der Waals surface area contributed by atoms with Gasteiger partial charge in [-0.2, -0.15) is 0 Å². The Hall–Kier alpha value is -7.27. The van der Waals surface area contributed by atoms with Crippen LogP contribution in [0.15, 0.2) is 220 Å². The molecule has 0 N–H and O–H groups in total. The van der Waals surface area contributed by atoms with Gasteiger partial charge in [-0.15, -0.1) is 11.8 Å². The van der Waals surface area contributed by atoms with Crippen LogP contribution in [0.2, 0.25) is 0 Å². The lowest BCUT2D eigenvalue weighted by Gasteiger charge is -2.30. The summed E-state index contributed by atoms with van der Waals surface area (Å²) in [4.78, 5) is 3.78. The molecule has 0 saturated carbocycles. The van der Waals surface area contributed by atoms with E-state index in [1.54, 1.807) is 0 Å². The number of rotatable bonds is 5. The van der Waals surface area contributed by atoms with E-state index in [9.17, 15) is 0 Å². The fourth-order valence-electron chi connectivity index (χ4n) is 9.80. The normalized spacial score (nSPS) is 16.0. The second-order valence-electron chi connectivity index (χ2n) is 15.9. The van der Waals surface area contributed by atoms with Crippen molar-refractivity contribution in [1.29, 1.82) is 0 Å². The number of benzene rings is 9. The quantitative estimate of drug-likeness (QED) is 0.174. The summed E-state index contributed by atoms with van der Waals surface area (Å²) >= 11 is 1.96. The maximum absolute atomic E-state index is 6.55. The Balaban J connectivity index is 0.927. The summed E-state index contributed by atoms with van der Waals surface area (Å²) in [6.45, 7) is 0. The van der Waals surface area contributed by atoms with Crippen molar-refractivity contribution in [3.05, 3.63) is 211 Å². The first-order valence-electron chi connectivity index (χ1n) is 20.6. The molecule has 2 atom stereocenters. The second-order valence-corrected chi connectivity index (χ2v) is 17.1. The van der Waals surface area contributed by atoms with Crippen molar-refractivity contribution in [1.82, 2.24) is 0 Å². The van der Waals surface area contributed by atoms with Crippen molar-refractivity contribution in [2.45, 2.75) is 16.1 Å². The summed E-state index contributed by atoms with van der Waals surface area (Å²) in [6, 6.07) is 65.5. The highest BCUT2D eigenvalue weighted by atomic mass is 32.2. The topological polar surface area (TPSA) is 29.5 Å². The van der Waals surface area contributed by atoms with Gasteiger partial charge in [0.05, 0.1) is 0 Å². The van der Waals surface area contributed by atoms with E-state index in [4.69, 9.17) is 8.83 Å². The molecular weight excluding hydrogens is 751 g/mol. The van der Waals surface area contributed by atoms with Crippen LogP contribution in [0, 0.1) is 0 Å². The number of nitrogens with zero attached hydrogens (tertiary/aromatic N) is 1. The lowest BCUT2D eigenvalue weighted by Crippen LogP contribution is -2.20. The third-order valence-electron chi connectivity index (χ3n) is 12.6. The number of furan rings is 2. The van der Waals surface area contributed by atoms with Crippen LogP contribution in [0.1, 0.15) is 11.5 Å². The molecule has 0 spiro atoms. The zero-order valence-corrected chi connectivity index (χ0v) is 33.2. The average Bonchev–Trinajstić information content (AvgIpc) is 4.01. The number of fused-ring (bicyclic) bond motifs is 13. The van der Waals surface area contributed by atoms with Crippen LogP contribution in [0.4, 0.5) is 11.4 Å². The van der Waals surface area contributed by atoms with Crippen LogP contribution < -0.4 is 4.90 Å². The van der Waals surface area contributed by atoms with Crippen LogP contribution >= 0.6 is 11.8 Å². The Kier molecular flexibility index (Phi) is 7.36. The third-order valence-corrected chi connectivity index (χ3v) is 14.0. The van der Waals surface area contributed by atoms with Gasteiger partial charge in [0.1, 0.15) is 22.3 Å². The predicted octanol–water partition coefficient (Wildman–Crippen LogP) is 16.0. The van der Waals surface area contributed by atoms with E-state index in [2.05, 4.69) is 205 Å². The Morgan fingerprint density at radius 3 is 1.57 bits per heavy atom.